The molecule has 19 heavy (non-hydrogen) atoms. The first-order valence-electron chi connectivity index (χ1n) is 6.93. The van der Waals surface area contributed by atoms with E-state index in [2.05, 4.69) is 28.8 Å². The van der Waals surface area contributed by atoms with Gasteiger partial charge in [-0.1, -0.05) is 0 Å². The lowest BCUT2D eigenvalue weighted by Crippen LogP contribution is -2.28. The molecule has 0 aromatic carbocycles. The molecule has 1 N–H and O–H groups in total. The summed E-state index contributed by atoms with van der Waals surface area (Å²) in [6, 6.07) is 3.73. The van der Waals surface area contributed by atoms with Crippen molar-refractivity contribution in [1.82, 2.24) is 19.5 Å². The molecular formula is C14H20N4O. The third-order valence-corrected chi connectivity index (χ3v) is 3.93. The number of nitrogens with zero attached hydrogens (tertiary/aromatic N) is 3. The van der Waals surface area contributed by atoms with E-state index in [0.717, 1.165) is 18.8 Å². The van der Waals surface area contributed by atoms with Gasteiger partial charge in [-0.3, -0.25) is 9.89 Å². The Kier molecular flexibility index (Phi) is 3.14. The van der Waals surface area contributed by atoms with Crippen LogP contribution in [0.15, 0.2) is 23.1 Å². The van der Waals surface area contributed by atoms with Crippen molar-refractivity contribution < 1.29 is 0 Å². The van der Waals surface area contributed by atoms with Crippen molar-refractivity contribution in [3.05, 3.63) is 34.4 Å². The molecule has 3 heterocycles. The van der Waals surface area contributed by atoms with Crippen LogP contribution in [0.25, 0.3) is 5.65 Å². The maximum atomic E-state index is 11.3. The largest absolute Gasteiger partial charge is 0.301 e. The molecule has 102 valence electrons. The molecule has 5 nitrogen and oxygen atoms in total. The highest BCUT2D eigenvalue weighted by Gasteiger charge is 2.25. The van der Waals surface area contributed by atoms with Gasteiger partial charge in [0.2, 0.25) is 0 Å². The molecule has 1 aliphatic rings. The van der Waals surface area contributed by atoms with E-state index in [4.69, 9.17) is 0 Å². The van der Waals surface area contributed by atoms with Gasteiger partial charge in [-0.15, -0.1) is 0 Å². The Morgan fingerprint density at radius 2 is 2.37 bits per heavy atom. The zero-order valence-electron chi connectivity index (χ0n) is 11.5. The third kappa shape index (κ3) is 2.56. The van der Waals surface area contributed by atoms with Crippen LogP contribution in [0.3, 0.4) is 0 Å². The quantitative estimate of drug-likeness (QED) is 0.905. The Morgan fingerprint density at radius 1 is 1.53 bits per heavy atom. The zero-order chi connectivity index (χ0) is 13.4. The van der Waals surface area contributed by atoms with Gasteiger partial charge < -0.3 is 4.90 Å². The van der Waals surface area contributed by atoms with Gasteiger partial charge in [-0.2, -0.15) is 0 Å². The van der Waals surface area contributed by atoms with Crippen LogP contribution in [-0.4, -0.2) is 38.6 Å². The van der Waals surface area contributed by atoms with Crippen molar-refractivity contribution in [3.63, 3.8) is 0 Å². The van der Waals surface area contributed by atoms with Gasteiger partial charge in [-0.25, -0.2) is 9.50 Å². The van der Waals surface area contributed by atoms with Crippen molar-refractivity contribution in [2.45, 2.75) is 32.7 Å². The Bertz CT molecular complexity index is 628. The molecule has 0 amide bonds. The normalized spacial score (nSPS) is 20.7. The predicted molar refractivity (Wildman–Crippen MR) is 74.3 cm³/mol. The first-order chi connectivity index (χ1) is 9.11. The third-order valence-electron chi connectivity index (χ3n) is 3.93. The van der Waals surface area contributed by atoms with Gasteiger partial charge in [0.25, 0.3) is 0 Å². The SMILES string of the molecule is CC(C)N1CCC(Cc2nc3cc(=O)ccn3[nH]2)C1. The highest BCUT2D eigenvalue weighted by molar-refractivity contribution is 5.36. The summed E-state index contributed by atoms with van der Waals surface area (Å²) in [7, 11) is 0. The summed E-state index contributed by atoms with van der Waals surface area (Å²) >= 11 is 0. The molecule has 0 aliphatic carbocycles. The van der Waals surface area contributed by atoms with Crippen LogP contribution >= 0.6 is 0 Å². The van der Waals surface area contributed by atoms with E-state index in [1.165, 1.54) is 13.0 Å². The standard InChI is InChI=1S/C14H20N4O/c1-10(2)17-5-3-11(9-17)7-13-15-14-8-12(19)4-6-18(14)16-13/h4,6,8,10-11H,3,5,7,9H2,1-2H3,(H,15,16). The minimum atomic E-state index is 0.00454. The molecule has 1 unspecified atom stereocenters. The highest BCUT2D eigenvalue weighted by atomic mass is 16.1. The maximum Gasteiger partial charge on any atom is 0.183 e. The molecule has 1 aliphatic heterocycles. The van der Waals surface area contributed by atoms with Gasteiger partial charge in [0.15, 0.2) is 11.1 Å². The molecule has 3 rings (SSSR count). The fraction of sp³-hybridized carbons (Fsp3) is 0.571. The molecule has 0 radical (unpaired) electrons. The molecule has 1 fully saturated rings. The lowest BCUT2D eigenvalue weighted by atomic mass is 10.1. The number of rotatable bonds is 3. The number of aromatic amines is 1. The molecular weight excluding hydrogens is 240 g/mol. The second kappa shape index (κ2) is 4.81. The van der Waals surface area contributed by atoms with Gasteiger partial charge in [0, 0.05) is 37.3 Å². The second-order valence-electron chi connectivity index (χ2n) is 5.71. The van der Waals surface area contributed by atoms with E-state index in [0.29, 0.717) is 17.6 Å². The van der Waals surface area contributed by atoms with Crippen LogP contribution < -0.4 is 5.43 Å². The second-order valence-corrected chi connectivity index (χ2v) is 5.71. The Labute approximate surface area is 112 Å². The average Bonchev–Trinajstić information content (AvgIpc) is 2.95. The minimum Gasteiger partial charge on any atom is -0.301 e. The van der Waals surface area contributed by atoms with E-state index in [1.54, 1.807) is 18.3 Å². The van der Waals surface area contributed by atoms with Gasteiger partial charge >= 0.3 is 0 Å². The summed E-state index contributed by atoms with van der Waals surface area (Å²) in [6.07, 6.45) is 3.93. The number of hydrogen-bond donors (Lipinski definition) is 1. The lowest BCUT2D eigenvalue weighted by molar-refractivity contribution is 0.264. The smallest absolute Gasteiger partial charge is 0.183 e. The van der Waals surface area contributed by atoms with Crippen molar-refractivity contribution in [1.29, 1.82) is 0 Å². The summed E-state index contributed by atoms with van der Waals surface area (Å²) in [5.41, 5.74) is 0.714. The zero-order valence-corrected chi connectivity index (χ0v) is 11.5. The van der Waals surface area contributed by atoms with E-state index in [-0.39, 0.29) is 5.43 Å². The predicted octanol–water partition coefficient (Wildman–Crippen LogP) is 1.30. The van der Waals surface area contributed by atoms with Crippen LogP contribution in [-0.2, 0) is 6.42 Å². The van der Waals surface area contributed by atoms with E-state index >= 15 is 0 Å². The Morgan fingerprint density at radius 3 is 3.11 bits per heavy atom. The fourth-order valence-electron chi connectivity index (χ4n) is 2.82. The van der Waals surface area contributed by atoms with Crippen molar-refractivity contribution >= 4 is 5.65 Å². The number of H-pyrrole nitrogens is 1. The number of likely N-dealkylation sites (tertiary alicyclic amines) is 1. The van der Waals surface area contributed by atoms with E-state index in [9.17, 15) is 4.79 Å². The molecule has 0 spiro atoms. The number of hydrogen-bond acceptors (Lipinski definition) is 3. The molecule has 2 aromatic rings. The molecule has 5 heteroatoms. The van der Waals surface area contributed by atoms with Crippen LogP contribution in [0.4, 0.5) is 0 Å². The topological polar surface area (TPSA) is 53.4 Å². The monoisotopic (exact) mass is 260 g/mol. The summed E-state index contributed by atoms with van der Waals surface area (Å²) in [5, 5.41) is 3.24. The van der Waals surface area contributed by atoms with E-state index in [1.807, 2.05) is 4.52 Å². The number of fused-ring (bicyclic) bond motifs is 1. The lowest BCUT2D eigenvalue weighted by Gasteiger charge is -2.19. The summed E-state index contributed by atoms with van der Waals surface area (Å²) in [4.78, 5) is 18.3. The van der Waals surface area contributed by atoms with Crippen LogP contribution in [0.1, 0.15) is 26.1 Å². The first kappa shape index (κ1) is 12.4. The highest BCUT2D eigenvalue weighted by Crippen LogP contribution is 2.21. The van der Waals surface area contributed by atoms with Crippen molar-refractivity contribution in [3.8, 4) is 0 Å². The summed E-state index contributed by atoms with van der Waals surface area (Å²) in [6.45, 7) is 6.82. The first-order valence-corrected chi connectivity index (χ1v) is 6.93. The molecule has 0 saturated carbocycles. The summed E-state index contributed by atoms with van der Waals surface area (Å²) < 4.78 is 1.81. The summed E-state index contributed by atoms with van der Waals surface area (Å²) in [5.74, 6) is 1.64. The van der Waals surface area contributed by atoms with Crippen molar-refractivity contribution in [2.75, 3.05) is 13.1 Å². The maximum absolute atomic E-state index is 11.3. The van der Waals surface area contributed by atoms with Crippen LogP contribution in [0.5, 0.6) is 0 Å². The Balaban J connectivity index is 1.74. The molecule has 1 saturated heterocycles. The van der Waals surface area contributed by atoms with Gasteiger partial charge in [0.05, 0.1) is 0 Å². The average molecular weight is 260 g/mol. The number of pyridine rings is 1. The van der Waals surface area contributed by atoms with Crippen LogP contribution in [0.2, 0.25) is 0 Å². The van der Waals surface area contributed by atoms with Crippen LogP contribution in [0, 0.1) is 5.92 Å². The van der Waals surface area contributed by atoms with E-state index < -0.39 is 0 Å². The number of aromatic nitrogens is 3. The molecule has 0 bridgehead atoms. The van der Waals surface area contributed by atoms with Gasteiger partial charge in [0.1, 0.15) is 5.82 Å². The molecule has 1 atom stereocenters. The Hall–Kier alpha value is -1.62. The fourth-order valence-corrected chi connectivity index (χ4v) is 2.82. The van der Waals surface area contributed by atoms with Crippen molar-refractivity contribution in [2.24, 2.45) is 5.92 Å². The number of nitrogens with one attached hydrogen (secondary N) is 1. The minimum absolute atomic E-state index is 0.00454. The molecule has 2 aromatic heterocycles. The van der Waals surface area contributed by atoms with Gasteiger partial charge in [-0.05, 0) is 32.7 Å².